The molecule has 7 nitrogen and oxygen atoms in total. The van der Waals surface area contributed by atoms with Crippen molar-refractivity contribution < 1.29 is 18.0 Å². The van der Waals surface area contributed by atoms with Crippen molar-refractivity contribution in [2.75, 3.05) is 17.1 Å². The van der Waals surface area contributed by atoms with Crippen LogP contribution in [0.25, 0.3) is 0 Å². The van der Waals surface area contributed by atoms with Crippen molar-refractivity contribution in [1.29, 1.82) is 0 Å². The Hall–Kier alpha value is -2.29. The van der Waals surface area contributed by atoms with Crippen LogP contribution in [0.1, 0.15) is 51.7 Å². The van der Waals surface area contributed by atoms with Crippen LogP contribution in [0.15, 0.2) is 42.5 Å². The normalized spacial score (nSPS) is 12.3. The summed E-state index contributed by atoms with van der Waals surface area (Å²) in [6.07, 6.45) is 2.31. The molecule has 0 unspecified atom stereocenters. The second-order valence-corrected chi connectivity index (χ2v) is 11.7. The summed E-state index contributed by atoms with van der Waals surface area (Å²) in [6.45, 7) is 7.54. The van der Waals surface area contributed by atoms with Crippen LogP contribution < -0.4 is 9.62 Å². The van der Waals surface area contributed by atoms with E-state index in [0.29, 0.717) is 21.3 Å². The molecule has 0 aliphatic rings. The van der Waals surface area contributed by atoms with Crippen LogP contribution in [-0.4, -0.2) is 50.0 Å². The SMILES string of the molecule is CCc1ccc(N(CCCC(=O)N(Cc2c(Cl)cccc2Cl)[C@H](C)C(=O)NC(C)C)S(C)(=O)=O)cc1. The standard InChI is InChI=1S/C26H35Cl2N3O4S/c1-6-20-12-14-21(15-13-20)31(36(5,34)35)16-8-11-25(32)30(19(4)26(33)29-18(2)3)17-22-23(27)9-7-10-24(22)28/h7,9-10,12-15,18-19H,6,8,11,16-17H2,1-5H3,(H,29,33)/t19-/m1/s1. The zero-order valence-corrected chi connectivity index (χ0v) is 23.8. The molecule has 0 aliphatic carbocycles. The fraction of sp³-hybridized carbons (Fsp3) is 0.462. The van der Waals surface area contributed by atoms with E-state index in [4.69, 9.17) is 23.2 Å². The quantitative estimate of drug-likeness (QED) is 0.397. The Morgan fingerprint density at radius 3 is 2.08 bits per heavy atom. The molecule has 0 aliphatic heterocycles. The molecule has 10 heteroatoms. The van der Waals surface area contributed by atoms with Crippen molar-refractivity contribution in [3.63, 3.8) is 0 Å². The van der Waals surface area contributed by atoms with Crippen molar-refractivity contribution >= 4 is 50.7 Å². The smallest absolute Gasteiger partial charge is 0.242 e. The summed E-state index contributed by atoms with van der Waals surface area (Å²) < 4.78 is 26.2. The van der Waals surface area contributed by atoms with Crippen molar-refractivity contribution in [2.24, 2.45) is 0 Å². The highest BCUT2D eigenvalue weighted by atomic mass is 35.5. The Bertz CT molecular complexity index is 1130. The fourth-order valence-electron chi connectivity index (χ4n) is 3.74. The third kappa shape index (κ3) is 8.39. The number of halogens is 2. The number of benzene rings is 2. The number of sulfonamides is 1. The number of hydrogen-bond donors (Lipinski definition) is 1. The predicted octanol–water partition coefficient (Wildman–Crippen LogP) is 5.04. The van der Waals surface area contributed by atoms with Gasteiger partial charge in [0.2, 0.25) is 21.8 Å². The van der Waals surface area contributed by atoms with E-state index in [0.717, 1.165) is 18.2 Å². The molecule has 0 saturated carbocycles. The van der Waals surface area contributed by atoms with Gasteiger partial charge in [-0.1, -0.05) is 48.3 Å². The summed E-state index contributed by atoms with van der Waals surface area (Å²) in [5, 5.41) is 3.63. The zero-order chi connectivity index (χ0) is 27.0. The number of carbonyl (C=O) groups is 2. The number of anilines is 1. The van der Waals surface area contributed by atoms with Gasteiger partial charge < -0.3 is 10.2 Å². The zero-order valence-electron chi connectivity index (χ0n) is 21.4. The summed E-state index contributed by atoms with van der Waals surface area (Å²) in [5.41, 5.74) is 2.20. The molecule has 0 spiro atoms. The Balaban J connectivity index is 2.21. The second-order valence-electron chi connectivity index (χ2n) is 9.02. The van der Waals surface area contributed by atoms with E-state index < -0.39 is 16.1 Å². The molecule has 2 rings (SSSR count). The van der Waals surface area contributed by atoms with Gasteiger partial charge in [-0.15, -0.1) is 0 Å². The van der Waals surface area contributed by atoms with Crippen LogP contribution in [-0.2, 0) is 32.6 Å². The van der Waals surface area contributed by atoms with Gasteiger partial charge in [0.1, 0.15) is 6.04 Å². The summed E-state index contributed by atoms with van der Waals surface area (Å²) in [7, 11) is -3.55. The van der Waals surface area contributed by atoms with Gasteiger partial charge >= 0.3 is 0 Å². The van der Waals surface area contributed by atoms with Crippen LogP contribution >= 0.6 is 23.2 Å². The lowest BCUT2D eigenvalue weighted by Crippen LogP contribution is -2.49. The number of nitrogens with zero attached hydrogens (tertiary/aromatic N) is 2. The van der Waals surface area contributed by atoms with E-state index in [9.17, 15) is 18.0 Å². The molecular weight excluding hydrogens is 521 g/mol. The first-order valence-electron chi connectivity index (χ1n) is 11.9. The van der Waals surface area contributed by atoms with Crippen LogP contribution in [0.2, 0.25) is 10.0 Å². The third-order valence-electron chi connectivity index (χ3n) is 5.77. The summed E-state index contributed by atoms with van der Waals surface area (Å²) >= 11 is 12.7. The van der Waals surface area contributed by atoms with Gasteiger partial charge in [-0.25, -0.2) is 8.42 Å². The summed E-state index contributed by atoms with van der Waals surface area (Å²) in [6, 6.07) is 11.5. The maximum Gasteiger partial charge on any atom is 0.242 e. The number of aryl methyl sites for hydroxylation is 1. The maximum atomic E-state index is 13.3. The van der Waals surface area contributed by atoms with Gasteiger partial charge in [0, 0.05) is 41.2 Å². The van der Waals surface area contributed by atoms with Crippen LogP contribution in [0.4, 0.5) is 5.69 Å². The summed E-state index contributed by atoms with van der Waals surface area (Å²) in [4.78, 5) is 27.5. The van der Waals surface area contributed by atoms with E-state index in [-0.39, 0.29) is 43.8 Å². The lowest BCUT2D eigenvalue weighted by Gasteiger charge is -2.30. The molecule has 0 aromatic heterocycles. The predicted molar refractivity (Wildman–Crippen MR) is 147 cm³/mol. The summed E-state index contributed by atoms with van der Waals surface area (Å²) in [5.74, 6) is -0.595. The molecule has 2 amide bonds. The average molecular weight is 557 g/mol. The lowest BCUT2D eigenvalue weighted by molar-refractivity contribution is -0.140. The van der Waals surface area contributed by atoms with Gasteiger partial charge in [-0.3, -0.25) is 13.9 Å². The van der Waals surface area contributed by atoms with Gasteiger partial charge in [-0.05, 0) is 63.4 Å². The molecule has 1 N–H and O–H groups in total. The first-order chi connectivity index (χ1) is 16.8. The molecule has 0 saturated heterocycles. The Morgan fingerprint density at radius 1 is 1.00 bits per heavy atom. The van der Waals surface area contributed by atoms with Gasteiger partial charge in [-0.2, -0.15) is 0 Å². The Morgan fingerprint density at radius 2 is 1.58 bits per heavy atom. The topological polar surface area (TPSA) is 86.8 Å². The van der Waals surface area contributed by atoms with Gasteiger partial charge in [0.05, 0.1) is 11.9 Å². The van der Waals surface area contributed by atoms with Gasteiger partial charge in [0.15, 0.2) is 0 Å². The van der Waals surface area contributed by atoms with Crippen LogP contribution in [0.5, 0.6) is 0 Å². The maximum absolute atomic E-state index is 13.3. The number of hydrogen-bond acceptors (Lipinski definition) is 4. The number of carbonyl (C=O) groups excluding carboxylic acids is 2. The lowest BCUT2D eigenvalue weighted by atomic mass is 10.1. The Labute approximate surface area is 224 Å². The van der Waals surface area contributed by atoms with Gasteiger partial charge in [0.25, 0.3) is 0 Å². The minimum Gasteiger partial charge on any atom is -0.352 e. The largest absolute Gasteiger partial charge is 0.352 e. The Kier molecular flexibility index (Phi) is 11.1. The minimum absolute atomic E-state index is 0.0421. The fourth-order valence-corrected chi connectivity index (χ4v) is 5.23. The van der Waals surface area contributed by atoms with Crippen molar-refractivity contribution in [1.82, 2.24) is 10.2 Å². The monoisotopic (exact) mass is 555 g/mol. The molecule has 1 atom stereocenters. The minimum atomic E-state index is -3.55. The highest BCUT2D eigenvalue weighted by Gasteiger charge is 2.28. The van der Waals surface area contributed by atoms with Crippen molar-refractivity contribution in [3.8, 4) is 0 Å². The molecule has 0 bridgehead atoms. The van der Waals surface area contributed by atoms with Crippen LogP contribution in [0.3, 0.4) is 0 Å². The molecule has 2 aromatic carbocycles. The van der Waals surface area contributed by atoms with E-state index in [2.05, 4.69) is 5.32 Å². The molecular formula is C26H35Cl2N3O4S. The number of nitrogens with one attached hydrogen (secondary N) is 1. The second kappa shape index (κ2) is 13.3. The first kappa shape index (κ1) is 29.9. The van der Waals surface area contributed by atoms with Crippen molar-refractivity contribution in [3.05, 3.63) is 63.6 Å². The van der Waals surface area contributed by atoms with E-state index >= 15 is 0 Å². The first-order valence-corrected chi connectivity index (χ1v) is 14.5. The van der Waals surface area contributed by atoms with E-state index in [1.54, 1.807) is 37.3 Å². The highest BCUT2D eigenvalue weighted by molar-refractivity contribution is 7.92. The van der Waals surface area contributed by atoms with E-state index in [1.165, 1.54) is 9.21 Å². The molecule has 198 valence electrons. The number of rotatable bonds is 12. The average Bonchev–Trinajstić information content (AvgIpc) is 2.80. The highest BCUT2D eigenvalue weighted by Crippen LogP contribution is 2.27. The van der Waals surface area contributed by atoms with E-state index in [1.807, 2.05) is 32.9 Å². The molecule has 36 heavy (non-hydrogen) atoms. The molecule has 0 fully saturated rings. The molecule has 0 heterocycles. The third-order valence-corrected chi connectivity index (χ3v) is 7.68. The van der Waals surface area contributed by atoms with Crippen LogP contribution in [0, 0.1) is 0 Å². The molecule has 2 aromatic rings. The number of amides is 2. The molecule has 0 radical (unpaired) electrons. The van der Waals surface area contributed by atoms with Crippen molar-refractivity contribution in [2.45, 2.75) is 65.6 Å².